The molecule has 1 N–H and O–H groups in total. The Balaban J connectivity index is 1.72. The van der Waals surface area contributed by atoms with Crippen molar-refractivity contribution in [3.05, 3.63) is 59.1 Å². The highest BCUT2D eigenvalue weighted by molar-refractivity contribution is 6.30. The number of hydrogen-bond acceptors (Lipinski definition) is 4. The number of esters is 1. The third kappa shape index (κ3) is 6.41. The van der Waals surface area contributed by atoms with Crippen molar-refractivity contribution in [3.8, 4) is 5.75 Å². The SMILES string of the molecule is CC[C@H](C)c1ccc(NC(=O)COC(=O)COc2ccc(Cl)cc2)cc1. The van der Waals surface area contributed by atoms with E-state index in [0.717, 1.165) is 6.42 Å². The van der Waals surface area contributed by atoms with Gasteiger partial charge in [0, 0.05) is 10.7 Å². The van der Waals surface area contributed by atoms with E-state index in [9.17, 15) is 9.59 Å². The summed E-state index contributed by atoms with van der Waals surface area (Å²) in [7, 11) is 0. The summed E-state index contributed by atoms with van der Waals surface area (Å²) in [5, 5.41) is 3.27. The first-order valence-electron chi connectivity index (χ1n) is 8.41. The van der Waals surface area contributed by atoms with Crippen molar-refractivity contribution in [3.63, 3.8) is 0 Å². The van der Waals surface area contributed by atoms with Gasteiger partial charge in [-0.1, -0.05) is 37.6 Å². The van der Waals surface area contributed by atoms with Gasteiger partial charge in [0.2, 0.25) is 0 Å². The van der Waals surface area contributed by atoms with E-state index >= 15 is 0 Å². The molecule has 6 heteroatoms. The van der Waals surface area contributed by atoms with Crippen LogP contribution < -0.4 is 10.1 Å². The number of anilines is 1. The van der Waals surface area contributed by atoms with Crippen LogP contribution in [0, 0.1) is 0 Å². The maximum Gasteiger partial charge on any atom is 0.344 e. The summed E-state index contributed by atoms with van der Waals surface area (Å²) in [4.78, 5) is 23.5. The normalized spacial score (nSPS) is 11.5. The molecule has 0 unspecified atom stereocenters. The van der Waals surface area contributed by atoms with Gasteiger partial charge < -0.3 is 14.8 Å². The van der Waals surface area contributed by atoms with Crippen LogP contribution in [0.2, 0.25) is 5.02 Å². The summed E-state index contributed by atoms with van der Waals surface area (Å²) in [5.41, 5.74) is 1.88. The molecule has 2 aromatic carbocycles. The van der Waals surface area contributed by atoms with Crippen LogP contribution in [0.4, 0.5) is 5.69 Å². The predicted octanol–water partition coefficient (Wildman–Crippen LogP) is 4.41. The molecular weight excluding hydrogens is 354 g/mol. The van der Waals surface area contributed by atoms with Crippen LogP contribution in [0.15, 0.2) is 48.5 Å². The number of carbonyl (C=O) groups is 2. The predicted molar refractivity (Wildman–Crippen MR) is 102 cm³/mol. The van der Waals surface area contributed by atoms with E-state index in [2.05, 4.69) is 19.2 Å². The molecule has 2 aromatic rings. The highest BCUT2D eigenvalue weighted by atomic mass is 35.5. The van der Waals surface area contributed by atoms with E-state index < -0.39 is 11.9 Å². The van der Waals surface area contributed by atoms with E-state index in [1.54, 1.807) is 24.3 Å². The lowest BCUT2D eigenvalue weighted by Gasteiger charge is -2.11. The van der Waals surface area contributed by atoms with Gasteiger partial charge in [0.15, 0.2) is 13.2 Å². The molecule has 1 amide bonds. The summed E-state index contributed by atoms with van der Waals surface area (Å²) < 4.78 is 10.2. The fourth-order valence-electron chi connectivity index (χ4n) is 2.19. The zero-order chi connectivity index (χ0) is 18.9. The number of halogens is 1. The Kier molecular flexibility index (Phi) is 7.48. The average Bonchev–Trinajstić information content (AvgIpc) is 2.66. The largest absolute Gasteiger partial charge is 0.482 e. The molecule has 0 aromatic heterocycles. The molecule has 2 rings (SSSR count). The van der Waals surface area contributed by atoms with Gasteiger partial charge in [0.25, 0.3) is 5.91 Å². The molecule has 0 saturated heterocycles. The lowest BCUT2D eigenvalue weighted by Crippen LogP contribution is -2.23. The Morgan fingerprint density at radius 3 is 2.31 bits per heavy atom. The molecule has 0 aliphatic carbocycles. The maximum atomic E-state index is 11.9. The van der Waals surface area contributed by atoms with E-state index in [4.69, 9.17) is 21.1 Å². The second kappa shape index (κ2) is 9.82. The van der Waals surface area contributed by atoms with Crippen molar-refractivity contribution in [1.82, 2.24) is 0 Å². The number of amides is 1. The van der Waals surface area contributed by atoms with Gasteiger partial charge in [-0.3, -0.25) is 4.79 Å². The van der Waals surface area contributed by atoms with Crippen LogP contribution in [-0.2, 0) is 14.3 Å². The molecule has 0 aliphatic rings. The molecule has 1 atom stereocenters. The van der Waals surface area contributed by atoms with Crippen molar-refractivity contribution in [2.45, 2.75) is 26.2 Å². The third-order valence-electron chi connectivity index (χ3n) is 3.91. The van der Waals surface area contributed by atoms with Gasteiger partial charge in [0.05, 0.1) is 0 Å². The summed E-state index contributed by atoms with van der Waals surface area (Å²) in [6, 6.07) is 14.2. The molecule has 0 bridgehead atoms. The van der Waals surface area contributed by atoms with Crippen LogP contribution in [0.3, 0.4) is 0 Å². The number of carbonyl (C=O) groups excluding carboxylic acids is 2. The minimum atomic E-state index is -0.623. The number of benzene rings is 2. The summed E-state index contributed by atoms with van der Waals surface area (Å²) in [5.74, 6) is -0.0538. The van der Waals surface area contributed by atoms with Crippen molar-refractivity contribution in [2.75, 3.05) is 18.5 Å². The Labute approximate surface area is 158 Å². The minimum absolute atomic E-state index is 0.279. The molecule has 0 aliphatic heterocycles. The molecule has 0 spiro atoms. The number of nitrogens with one attached hydrogen (secondary N) is 1. The standard InChI is InChI=1S/C20H22ClNO4/c1-3-14(2)15-4-8-17(9-5-15)22-19(23)12-26-20(24)13-25-18-10-6-16(21)7-11-18/h4-11,14H,3,12-13H2,1-2H3,(H,22,23)/t14-/m0/s1. The van der Waals surface area contributed by atoms with E-state index in [0.29, 0.717) is 22.4 Å². The molecule has 0 fully saturated rings. The first-order valence-corrected chi connectivity index (χ1v) is 8.79. The molecule has 5 nitrogen and oxygen atoms in total. The quantitative estimate of drug-likeness (QED) is 0.694. The van der Waals surface area contributed by atoms with Crippen molar-refractivity contribution < 1.29 is 19.1 Å². The van der Waals surface area contributed by atoms with Crippen LogP contribution in [0.1, 0.15) is 31.7 Å². The Hall–Kier alpha value is -2.53. The zero-order valence-electron chi connectivity index (χ0n) is 14.8. The van der Waals surface area contributed by atoms with Crippen LogP contribution in [0.5, 0.6) is 5.75 Å². The van der Waals surface area contributed by atoms with Gasteiger partial charge in [0.1, 0.15) is 5.75 Å². The van der Waals surface area contributed by atoms with Gasteiger partial charge in [-0.25, -0.2) is 4.79 Å². The van der Waals surface area contributed by atoms with E-state index in [1.807, 2.05) is 24.3 Å². The maximum absolute atomic E-state index is 11.9. The third-order valence-corrected chi connectivity index (χ3v) is 4.16. The van der Waals surface area contributed by atoms with Crippen LogP contribution in [0.25, 0.3) is 0 Å². The zero-order valence-corrected chi connectivity index (χ0v) is 15.6. The molecular formula is C20H22ClNO4. The second-order valence-electron chi connectivity index (χ2n) is 5.88. The number of hydrogen-bond donors (Lipinski definition) is 1. The molecule has 0 saturated carbocycles. The molecule has 26 heavy (non-hydrogen) atoms. The minimum Gasteiger partial charge on any atom is -0.482 e. The van der Waals surface area contributed by atoms with Crippen molar-refractivity contribution >= 4 is 29.2 Å². The Morgan fingerprint density at radius 1 is 1.04 bits per heavy atom. The van der Waals surface area contributed by atoms with Gasteiger partial charge in [-0.2, -0.15) is 0 Å². The Bertz CT molecular complexity index is 728. The van der Waals surface area contributed by atoms with E-state index in [-0.39, 0.29) is 13.2 Å². The fraction of sp³-hybridized carbons (Fsp3) is 0.300. The van der Waals surface area contributed by atoms with Crippen molar-refractivity contribution in [2.24, 2.45) is 0 Å². The monoisotopic (exact) mass is 375 g/mol. The Morgan fingerprint density at radius 2 is 1.69 bits per heavy atom. The summed E-state index contributed by atoms with van der Waals surface area (Å²) in [6.07, 6.45) is 1.06. The molecule has 0 heterocycles. The topological polar surface area (TPSA) is 64.6 Å². The molecule has 0 radical (unpaired) electrons. The first-order chi connectivity index (χ1) is 12.5. The molecule has 138 valence electrons. The van der Waals surface area contributed by atoms with Crippen LogP contribution >= 0.6 is 11.6 Å². The highest BCUT2D eigenvalue weighted by Crippen LogP contribution is 2.20. The second-order valence-corrected chi connectivity index (χ2v) is 6.32. The van der Waals surface area contributed by atoms with Gasteiger partial charge >= 0.3 is 5.97 Å². The van der Waals surface area contributed by atoms with E-state index in [1.165, 1.54) is 5.56 Å². The van der Waals surface area contributed by atoms with Gasteiger partial charge in [-0.05, 0) is 54.3 Å². The number of rotatable bonds is 8. The lowest BCUT2D eigenvalue weighted by molar-refractivity contribution is -0.149. The number of ether oxygens (including phenoxy) is 2. The highest BCUT2D eigenvalue weighted by Gasteiger charge is 2.09. The first kappa shape index (κ1) is 19.8. The average molecular weight is 376 g/mol. The van der Waals surface area contributed by atoms with Crippen molar-refractivity contribution in [1.29, 1.82) is 0 Å². The van der Waals surface area contributed by atoms with Gasteiger partial charge in [-0.15, -0.1) is 0 Å². The fourth-order valence-corrected chi connectivity index (χ4v) is 2.31. The summed E-state index contributed by atoms with van der Waals surface area (Å²) in [6.45, 7) is 3.64. The summed E-state index contributed by atoms with van der Waals surface area (Å²) >= 11 is 5.77. The smallest absolute Gasteiger partial charge is 0.344 e. The lowest BCUT2D eigenvalue weighted by atomic mass is 9.99. The van der Waals surface area contributed by atoms with Crippen LogP contribution in [-0.4, -0.2) is 25.1 Å².